The van der Waals surface area contributed by atoms with Crippen LogP contribution < -0.4 is 0 Å². The Hall–Kier alpha value is -2.28. The van der Waals surface area contributed by atoms with Crippen LogP contribution >= 0.6 is 0 Å². The third-order valence-electron chi connectivity index (χ3n) is 3.76. The van der Waals surface area contributed by atoms with E-state index in [-0.39, 0.29) is 59.1 Å². The van der Waals surface area contributed by atoms with Gasteiger partial charge in [-0.15, -0.1) is 0 Å². The minimum atomic E-state index is -3.20. The average Bonchev–Trinajstić information content (AvgIpc) is 2.58. The second-order valence-electron chi connectivity index (χ2n) is 6.50. The number of aliphatic carboxylic acids is 6. The molecule has 35 heavy (non-hydrogen) atoms. The van der Waals surface area contributed by atoms with Gasteiger partial charge in [0.25, 0.3) is 0 Å². The summed E-state index contributed by atoms with van der Waals surface area (Å²) < 4.78 is 8.70. The number of hydrogen-bond acceptors (Lipinski definition) is 11. The first-order valence-electron chi connectivity index (χ1n) is 8.43. The van der Waals surface area contributed by atoms with Gasteiger partial charge in [0.15, 0.2) is 6.10 Å². The van der Waals surface area contributed by atoms with Crippen molar-refractivity contribution in [3.63, 3.8) is 0 Å². The fourth-order valence-electron chi connectivity index (χ4n) is 2.40. The zero-order valence-electron chi connectivity index (χ0n) is 16.3. The van der Waals surface area contributed by atoms with E-state index in [4.69, 9.17) is 30.6 Å². The first-order valence-corrected chi connectivity index (χ1v) is 8.43. The van der Waals surface area contributed by atoms with Crippen molar-refractivity contribution in [1.29, 1.82) is 0 Å². The molecular formula is C16H20Na2O17. The van der Waals surface area contributed by atoms with Gasteiger partial charge in [-0.05, 0) is 0 Å². The molecule has 0 aliphatic rings. The summed E-state index contributed by atoms with van der Waals surface area (Å²) in [6, 6.07) is 0. The molecule has 0 aromatic carbocycles. The number of hydrogen-bond donors (Lipinski definition) is 7. The van der Waals surface area contributed by atoms with Gasteiger partial charge in [-0.1, -0.05) is 0 Å². The molecule has 1 unspecified atom stereocenters. The van der Waals surface area contributed by atoms with E-state index in [1.165, 1.54) is 0 Å². The molecule has 0 spiro atoms. The quantitative estimate of drug-likeness (QED) is 0.0785. The Morgan fingerprint density at radius 3 is 1.11 bits per heavy atom. The molecule has 0 heterocycles. The number of aliphatic hydroxyl groups excluding tert-OH is 1. The number of carbonyl (C=O) groups excluding carboxylic acids is 2. The third kappa shape index (κ3) is 12.3. The van der Waals surface area contributed by atoms with Gasteiger partial charge in [0.1, 0.15) is 0 Å². The van der Waals surface area contributed by atoms with Crippen molar-refractivity contribution in [2.75, 3.05) is 0 Å². The van der Waals surface area contributed by atoms with E-state index in [1.807, 2.05) is 0 Å². The fourth-order valence-corrected chi connectivity index (χ4v) is 2.40. The fraction of sp³-hybridized carbons (Fsp3) is 0.500. The van der Waals surface area contributed by atoms with Gasteiger partial charge in [0, 0.05) is 0 Å². The van der Waals surface area contributed by atoms with Crippen molar-refractivity contribution in [2.24, 2.45) is 0 Å². The third-order valence-corrected chi connectivity index (χ3v) is 3.76. The van der Waals surface area contributed by atoms with Crippen molar-refractivity contribution in [2.45, 2.75) is 49.4 Å². The van der Waals surface area contributed by atoms with E-state index < -0.39 is 97.2 Å². The normalized spacial score (nSPS) is 11.5. The number of rotatable bonds is 15. The Morgan fingerprint density at radius 1 is 0.571 bits per heavy atom. The standard InChI is InChI=1S/C16H18O17.2Na.2H/c17-6(12(27)33-16(14(30)31,4-9(22)23)5-10(24)25)1-11(26)32-15(13(28)29,2-7(18)19)3-8(20)21;;;;/h6,17H,1-5H2,(H,18,19)(H,20,21)(H,22,23)(H,24,25)(H,28,29)(H,30,31);;;;. The molecule has 17 nitrogen and oxygen atoms in total. The number of carbonyl (C=O) groups is 8. The Bertz CT molecular complexity index is 834. The number of carboxylic acid groups (broad SMARTS) is 6. The predicted octanol–water partition coefficient (Wildman–Crippen LogP) is -3.93. The monoisotopic (exact) mass is 530 g/mol. The molecule has 0 aromatic heterocycles. The minimum absolute atomic E-state index is 0. The molecule has 0 radical (unpaired) electrons. The molecule has 0 aliphatic heterocycles. The Kier molecular flexibility index (Phi) is 16.7. The second kappa shape index (κ2) is 15.7. The van der Waals surface area contributed by atoms with E-state index in [0.717, 1.165) is 0 Å². The van der Waals surface area contributed by atoms with Crippen LogP contribution in [0, 0.1) is 0 Å². The zero-order valence-corrected chi connectivity index (χ0v) is 16.3. The van der Waals surface area contributed by atoms with Gasteiger partial charge in [-0.2, -0.15) is 0 Å². The van der Waals surface area contributed by atoms with Crippen LogP contribution in [0.5, 0.6) is 0 Å². The number of esters is 2. The van der Waals surface area contributed by atoms with E-state index in [0.29, 0.717) is 0 Å². The zero-order chi connectivity index (χ0) is 26.1. The van der Waals surface area contributed by atoms with Crippen LogP contribution in [0.15, 0.2) is 0 Å². The Balaban J connectivity index is -0.00000512. The van der Waals surface area contributed by atoms with Crippen LogP contribution in [0.1, 0.15) is 32.1 Å². The maximum absolute atomic E-state index is 12.0. The Morgan fingerprint density at radius 2 is 0.857 bits per heavy atom. The molecule has 1 atom stereocenters. The predicted molar refractivity (Wildman–Crippen MR) is 107 cm³/mol. The SMILES string of the molecule is O=C(O)CC(CC(=O)O)(OC(=O)CC(O)C(=O)OC(CC(=O)O)(CC(=O)O)C(=O)O)C(=O)O.[NaH].[NaH]. The second-order valence-corrected chi connectivity index (χ2v) is 6.50. The van der Waals surface area contributed by atoms with Crippen LogP contribution in [0.2, 0.25) is 0 Å². The van der Waals surface area contributed by atoms with Crippen LogP contribution in [-0.2, 0) is 47.8 Å². The Labute approximate surface area is 238 Å². The van der Waals surface area contributed by atoms with Gasteiger partial charge in [0.2, 0.25) is 11.2 Å². The first-order chi connectivity index (χ1) is 15.0. The number of ether oxygens (including phenoxy) is 2. The van der Waals surface area contributed by atoms with Gasteiger partial charge < -0.3 is 45.2 Å². The number of carboxylic acids is 6. The van der Waals surface area contributed by atoms with Crippen LogP contribution in [0.25, 0.3) is 0 Å². The summed E-state index contributed by atoms with van der Waals surface area (Å²) in [6.45, 7) is 0. The molecule has 0 aromatic rings. The summed E-state index contributed by atoms with van der Waals surface area (Å²) in [5.41, 5.74) is -6.34. The molecule has 0 rings (SSSR count). The summed E-state index contributed by atoms with van der Waals surface area (Å²) in [5, 5.41) is 63.3. The number of aliphatic hydroxyl groups is 1. The van der Waals surface area contributed by atoms with Gasteiger partial charge in [0.05, 0.1) is 32.1 Å². The van der Waals surface area contributed by atoms with Crippen molar-refractivity contribution in [1.82, 2.24) is 0 Å². The summed E-state index contributed by atoms with van der Waals surface area (Å²) >= 11 is 0. The van der Waals surface area contributed by atoms with Crippen LogP contribution in [0.4, 0.5) is 0 Å². The maximum atomic E-state index is 12.0. The van der Waals surface area contributed by atoms with Gasteiger partial charge >= 0.3 is 107 Å². The summed E-state index contributed by atoms with van der Waals surface area (Å²) in [5.74, 6) is -15.9. The van der Waals surface area contributed by atoms with E-state index >= 15 is 0 Å². The summed E-state index contributed by atoms with van der Waals surface area (Å²) in [6.07, 6.45) is -10.4. The van der Waals surface area contributed by atoms with Crippen molar-refractivity contribution in [3.05, 3.63) is 0 Å². The first kappa shape index (κ1) is 37.3. The average molecular weight is 530 g/mol. The van der Waals surface area contributed by atoms with Gasteiger partial charge in [-0.3, -0.25) is 24.0 Å². The van der Waals surface area contributed by atoms with Crippen molar-refractivity contribution < 1.29 is 83.6 Å². The molecule has 0 bridgehead atoms. The van der Waals surface area contributed by atoms with Crippen LogP contribution in [0.3, 0.4) is 0 Å². The summed E-state index contributed by atoms with van der Waals surface area (Å²) in [7, 11) is 0. The van der Waals surface area contributed by atoms with Gasteiger partial charge in [-0.25, -0.2) is 14.4 Å². The molecule has 0 saturated heterocycles. The van der Waals surface area contributed by atoms with E-state index in [1.54, 1.807) is 0 Å². The van der Waals surface area contributed by atoms with E-state index in [9.17, 15) is 43.5 Å². The van der Waals surface area contributed by atoms with Crippen molar-refractivity contribution >= 4 is 107 Å². The summed E-state index contributed by atoms with van der Waals surface area (Å²) in [4.78, 5) is 90.3. The molecule has 7 N–H and O–H groups in total. The molecule has 188 valence electrons. The molecule has 19 heteroatoms. The van der Waals surface area contributed by atoms with Crippen LogP contribution in [-0.4, -0.2) is 160 Å². The molecule has 0 aliphatic carbocycles. The molecular weight excluding hydrogens is 510 g/mol. The van der Waals surface area contributed by atoms with Crippen molar-refractivity contribution in [3.8, 4) is 0 Å². The molecule has 0 fully saturated rings. The molecule has 0 amide bonds. The molecule has 0 saturated carbocycles. The van der Waals surface area contributed by atoms with E-state index in [2.05, 4.69) is 9.47 Å². The topological polar surface area (TPSA) is 297 Å².